The average Bonchev–Trinajstić information content (AvgIpc) is 2.72. The van der Waals surface area contributed by atoms with E-state index < -0.39 is 0 Å². The van der Waals surface area contributed by atoms with E-state index in [1.165, 1.54) is 77.0 Å². The van der Waals surface area contributed by atoms with E-state index in [0.29, 0.717) is 5.92 Å². The zero-order valence-electron chi connectivity index (χ0n) is 19.4. The summed E-state index contributed by atoms with van der Waals surface area (Å²) in [7, 11) is 0. The molecule has 0 aliphatic heterocycles. The second kappa shape index (κ2) is 11.0. The van der Waals surface area contributed by atoms with Crippen LogP contribution in [0, 0.1) is 47.3 Å². The molecule has 3 atom stereocenters. The summed E-state index contributed by atoms with van der Waals surface area (Å²) >= 11 is 0. The Labute approximate surface area is 176 Å². The zero-order chi connectivity index (χ0) is 19.9. The first-order valence-corrected chi connectivity index (χ1v) is 12.9. The van der Waals surface area contributed by atoms with Gasteiger partial charge in [-0.2, -0.15) is 0 Å². The van der Waals surface area contributed by atoms with Gasteiger partial charge in [-0.05, 0) is 105 Å². The van der Waals surface area contributed by atoms with Crippen LogP contribution in [0.2, 0.25) is 0 Å². The Morgan fingerprint density at radius 2 is 1.32 bits per heavy atom. The molecule has 2 fully saturated rings. The summed E-state index contributed by atoms with van der Waals surface area (Å²) in [4.78, 5) is 0. The number of allylic oxidation sites excluding steroid dienone is 4. The Morgan fingerprint density at radius 3 is 1.89 bits per heavy atom. The molecule has 0 aromatic rings. The Hall–Kier alpha value is -0.520. The van der Waals surface area contributed by atoms with Crippen molar-refractivity contribution < 1.29 is 0 Å². The van der Waals surface area contributed by atoms with E-state index in [2.05, 4.69) is 52.0 Å². The molecule has 0 amide bonds. The van der Waals surface area contributed by atoms with E-state index in [9.17, 15) is 0 Å². The lowest BCUT2D eigenvalue weighted by Gasteiger charge is -2.39. The van der Waals surface area contributed by atoms with Crippen LogP contribution < -0.4 is 0 Å². The third-order valence-corrected chi connectivity index (χ3v) is 8.47. The molecule has 3 rings (SSSR count). The number of hydrogen-bond donors (Lipinski definition) is 0. The zero-order valence-corrected chi connectivity index (χ0v) is 19.4. The van der Waals surface area contributed by atoms with E-state index in [1.807, 2.05) is 0 Å². The molecule has 0 radical (unpaired) electrons. The van der Waals surface area contributed by atoms with E-state index in [1.54, 1.807) is 0 Å². The van der Waals surface area contributed by atoms with Crippen LogP contribution in [0.5, 0.6) is 0 Å². The first kappa shape index (κ1) is 22.2. The average molecular weight is 385 g/mol. The number of hydrogen-bond acceptors (Lipinski definition) is 0. The fraction of sp³-hybridized carbons (Fsp3) is 0.857. The SMILES string of the molecule is CC(C)CCC(C)/C=C/C1C=CC(C2CCC(C3CCC(C)CC3)CC2)CC1. The Kier molecular flexibility index (Phi) is 8.73. The maximum atomic E-state index is 2.62. The topological polar surface area (TPSA) is 0 Å². The van der Waals surface area contributed by atoms with Crippen LogP contribution in [0.25, 0.3) is 0 Å². The van der Waals surface area contributed by atoms with E-state index in [4.69, 9.17) is 0 Å². The van der Waals surface area contributed by atoms with Gasteiger partial charge < -0.3 is 0 Å². The molecule has 0 heteroatoms. The van der Waals surface area contributed by atoms with Crippen LogP contribution in [0.3, 0.4) is 0 Å². The highest BCUT2D eigenvalue weighted by molar-refractivity contribution is 5.08. The maximum absolute atomic E-state index is 2.62. The van der Waals surface area contributed by atoms with Gasteiger partial charge in [0.25, 0.3) is 0 Å². The second-order valence-corrected chi connectivity index (χ2v) is 11.3. The van der Waals surface area contributed by atoms with Gasteiger partial charge in [-0.1, -0.05) is 71.3 Å². The van der Waals surface area contributed by atoms with Crippen LogP contribution in [-0.4, -0.2) is 0 Å². The van der Waals surface area contributed by atoms with Crippen molar-refractivity contribution in [3.63, 3.8) is 0 Å². The highest BCUT2D eigenvalue weighted by atomic mass is 14.4. The van der Waals surface area contributed by atoms with Crippen molar-refractivity contribution in [1.29, 1.82) is 0 Å². The van der Waals surface area contributed by atoms with E-state index >= 15 is 0 Å². The molecule has 0 aromatic heterocycles. The first-order chi connectivity index (χ1) is 13.5. The van der Waals surface area contributed by atoms with Crippen molar-refractivity contribution in [2.45, 2.75) is 105 Å². The minimum atomic E-state index is 0.707. The Bertz CT molecular complexity index is 482. The van der Waals surface area contributed by atoms with E-state index in [0.717, 1.165) is 41.4 Å². The van der Waals surface area contributed by atoms with Crippen LogP contribution in [0.1, 0.15) is 105 Å². The summed E-state index contributed by atoms with van der Waals surface area (Å²) in [6.45, 7) is 9.52. The van der Waals surface area contributed by atoms with Crippen molar-refractivity contribution in [1.82, 2.24) is 0 Å². The Morgan fingerprint density at radius 1 is 0.714 bits per heavy atom. The van der Waals surface area contributed by atoms with Gasteiger partial charge >= 0.3 is 0 Å². The van der Waals surface area contributed by atoms with Crippen LogP contribution in [-0.2, 0) is 0 Å². The smallest absolute Gasteiger partial charge is 0.00531 e. The lowest BCUT2D eigenvalue weighted by atomic mass is 9.66. The van der Waals surface area contributed by atoms with Gasteiger partial charge in [0, 0.05) is 0 Å². The molecule has 160 valence electrons. The highest BCUT2D eigenvalue weighted by Gasteiger charge is 2.32. The maximum Gasteiger partial charge on any atom is -0.00531 e. The highest BCUT2D eigenvalue weighted by Crippen LogP contribution is 2.44. The largest absolute Gasteiger partial charge is 0.0851 e. The van der Waals surface area contributed by atoms with E-state index in [-0.39, 0.29) is 0 Å². The van der Waals surface area contributed by atoms with Gasteiger partial charge in [-0.15, -0.1) is 0 Å². The molecule has 0 bridgehead atoms. The molecule has 3 unspecified atom stereocenters. The third kappa shape index (κ3) is 6.77. The van der Waals surface area contributed by atoms with Gasteiger partial charge in [0.2, 0.25) is 0 Å². The predicted octanol–water partition coefficient (Wildman–Crippen LogP) is 8.83. The fourth-order valence-electron chi connectivity index (χ4n) is 6.24. The van der Waals surface area contributed by atoms with Crippen molar-refractivity contribution in [3.8, 4) is 0 Å². The standard InChI is InChI=1S/C28H48/c1-21(2)5-6-22(3)7-10-24-11-15-26(16-12-24)28-19-17-27(18-20-28)25-13-8-23(4)9-14-25/h7,10-11,15,21-28H,5-6,8-9,12-14,16-20H2,1-4H3/b10-7+. The van der Waals surface area contributed by atoms with Crippen molar-refractivity contribution in [2.75, 3.05) is 0 Å². The fourth-order valence-corrected chi connectivity index (χ4v) is 6.24. The van der Waals surface area contributed by atoms with Crippen molar-refractivity contribution in [3.05, 3.63) is 24.3 Å². The summed E-state index contributed by atoms with van der Waals surface area (Å²) in [5, 5.41) is 0. The summed E-state index contributed by atoms with van der Waals surface area (Å²) in [5.41, 5.74) is 0. The van der Waals surface area contributed by atoms with Crippen LogP contribution in [0.4, 0.5) is 0 Å². The minimum absolute atomic E-state index is 0.707. The first-order valence-electron chi connectivity index (χ1n) is 12.9. The molecule has 3 aliphatic carbocycles. The minimum Gasteiger partial charge on any atom is -0.0851 e. The van der Waals surface area contributed by atoms with Gasteiger partial charge in [0.1, 0.15) is 0 Å². The van der Waals surface area contributed by atoms with Gasteiger partial charge in [-0.25, -0.2) is 0 Å². The molecule has 2 saturated carbocycles. The van der Waals surface area contributed by atoms with Crippen molar-refractivity contribution in [2.24, 2.45) is 47.3 Å². The second-order valence-electron chi connectivity index (χ2n) is 11.3. The summed E-state index contributed by atoms with van der Waals surface area (Å²) in [6.07, 6.45) is 27.8. The molecule has 3 aliphatic rings. The van der Waals surface area contributed by atoms with Crippen LogP contribution >= 0.6 is 0 Å². The molecule has 0 heterocycles. The molecule has 0 aromatic carbocycles. The summed E-state index contributed by atoms with van der Waals surface area (Å²) in [6, 6.07) is 0. The third-order valence-electron chi connectivity index (χ3n) is 8.47. The molecular formula is C28H48. The lowest BCUT2D eigenvalue weighted by Crippen LogP contribution is -2.28. The van der Waals surface area contributed by atoms with Gasteiger partial charge in [0.15, 0.2) is 0 Å². The van der Waals surface area contributed by atoms with Gasteiger partial charge in [0.05, 0.1) is 0 Å². The molecule has 0 saturated heterocycles. The summed E-state index contributed by atoms with van der Waals surface area (Å²) in [5.74, 6) is 7.30. The quantitative estimate of drug-likeness (QED) is 0.384. The normalized spacial score (nSPS) is 38.2. The van der Waals surface area contributed by atoms with Gasteiger partial charge in [-0.3, -0.25) is 0 Å². The van der Waals surface area contributed by atoms with Crippen molar-refractivity contribution >= 4 is 0 Å². The monoisotopic (exact) mass is 384 g/mol. The molecular weight excluding hydrogens is 336 g/mol. The lowest BCUT2D eigenvalue weighted by molar-refractivity contribution is 0.133. The molecule has 0 nitrogen and oxygen atoms in total. The van der Waals surface area contributed by atoms with Crippen LogP contribution in [0.15, 0.2) is 24.3 Å². The predicted molar refractivity (Wildman–Crippen MR) is 124 cm³/mol. The molecule has 0 N–H and O–H groups in total. The molecule has 28 heavy (non-hydrogen) atoms. The molecule has 0 spiro atoms. The summed E-state index contributed by atoms with van der Waals surface area (Å²) < 4.78 is 0. The Balaban J connectivity index is 1.38. The number of rotatable bonds is 7.